The lowest BCUT2D eigenvalue weighted by Crippen LogP contribution is -2.12. The monoisotopic (exact) mass is 380 g/mol. The van der Waals surface area contributed by atoms with Gasteiger partial charge in [-0.15, -0.1) is 11.3 Å². The predicted octanol–water partition coefficient (Wildman–Crippen LogP) is 3.86. The normalized spacial score (nSPS) is 11.5. The van der Waals surface area contributed by atoms with Crippen LogP contribution in [0.1, 0.15) is 5.56 Å². The lowest BCUT2D eigenvalue weighted by atomic mass is 10.3. The van der Waals surface area contributed by atoms with Gasteiger partial charge < -0.3 is 5.73 Å². The molecule has 1 heterocycles. The summed E-state index contributed by atoms with van der Waals surface area (Å²) in [7, 11) is -3.66. The van der Waals surface area contributed by atoms with Crippen molar-refractivity contribution in [1.29, 1.82) is 0 Å². The molecule has 0 fully saturated rings. The van der Waals surface area contributed by atoms with Crippen LogP contribution in [0, 0.1) is 6.92 Å². The first-order chi connectivity index (χ1) is 8.79. The van der Waals surface area contributed by atoms with Crippen LogP contribution in [0.25, 0.3) is 0 Å². The number of rotatable bonds is 3. The first-order valence-electron chi connectivity index (χ1n) is 5.13. The summed E-state index contributed by atoms with van der Waals surface area (Å²) in [5, 5.41) is 0. The number of hydrogen-bond donors (Lipinski definition) is 2. The highest BCUT2D eigenvalue weighted by atomic mass is 79.9. The van der Waals surface area contributed by atoms with Crippen LogP contribution in [-0.2, 0) is 10.0 Å². The van der Waals surface area contributed by atoms with E-state index in [0.717, 1.165) is 16.9 Å². The molecule has 0 spiro atoms. The number of benzene rings is 1. The molecule has 2 aromatic rings. The number of nitrogens with two attached hydrogens (primary N) is 1. The van der Waals surface area contributed by atoms with Crippen molar-refractivity contribution in [2.75, 3.05) is 10.5 Å². The second kappa shape index (κ2) is 5.32. The number of sulfonamides is 1. The number of thiophene rings is 1. The topological polar surface area (TPSA) is 72.2 Å². The largest absolute Gasteiger partial charge is 0.399 e. The molecule has 8 heteroatoms. The van der Waals surface area contributed by atoms with Crippen molar-refractivity contribution in [3.8, 4) is 0 Å². The third kappa shape index (κ3) is 3.22. The maximum absolute atomic E-state index is 12.2. The Labute approximate surface area is 128 Å². The van der Waals surface area contributed by atoms with Gasteiger partial charge >= 0.3 is 0 Å². The molecule has 3 N–H and O–H groups in total. The Balaban J connectivity index is 2.39. The molecule has 0 aliphatic rings. The molecule has 4 nitrogen and oxygen atoms in total. The number of anilines is 2. The Morgan fingerprint density at radius 2 is 2.05 bits per heavy atom. The third-order valence-corrected chi connectivity index (χ3v) is 6.42. The van der Waals surface area contributed by atoms with E-state index in [0.29, 0.717) is 20.2 Å². The second-order valence-electron chi connectivity index (χ2n) is 3.87. The number of aryl methyl sites for hydroxylation is 1. The molecule has 19 heavy (non-hydrogen) atoms. The van der Waals surface area contributed by atoms with Gasteiger partial charge in [-0.25, -0.2) is 8.42 Å². The van der Waals surface area contributed by atoms with E-state index < -0.39 is 10.0 Å². The maximum Gasteiger partial charge on any atom is 0.271 e. The second-order valence-corrected chi connectivity index (χ2v) is 8.28. The molecular formula is C11H10BrClN2O2S2. The van der Waals surface area contributed by atoms with Crippen molar-refractivity contribution >= 4 is 60.3 Å². The van der Waals surface area contributed by atoms with Crippen LogP contribution in [-0.4, -0.2) is 8.42 Å². The van der Waals surface area contributed by atoms with E-state index in [1.54, 1.807) is 25.1 Å². The van der Waals surface area contributed by atoms with Gasteiger partial charge in [0.25, 0.3) is 10.0 Å². The Morgan fingerprint density at radius 3 is 2.63 bits per heavy atom. The Bertz CT molecular complexity index is 709. The van der Waals surface area contributed by atoms with E-state index in [-0.39, 0.29) is 4.21 Å². The van der Waals surface area contributed by atoms with Crippen molar-refractivity contribution in [2.24, 2.45) is 0 Å². The number of halogens is 2. The van der Waals surface area contributed by atoms with Crippen molar-refractivity contribution in [1.82, 2.24) is 0 Å². The Hall–Kier alpha value is -0.760. The van der Waals surface area contributed by atoms with Crippen LogP contribution < -0.4 is 10.5 Å². The fourth-order valence-electron chi connectivity index (χ4n) is 1.38. The lowest BCUT2D eigenvalue weighted by molar-refractivity contribution is 0.603. The molecule has 0 atom stereocenters. The minimum Gasteiger partial charge on any atom is -0.399 e. The van der Waals surface area contributed by atoms with E-state index in [9.17, 15) is 8.42 Å². The summed E-state index contributed by atoms with van der Waals surface area (Å²) in [5.74, 6) is 0. The number of hydrogen-bond acceptors (Lipinski definition) is 4. The first kappa shape index (κ1) is 14.6. The van der Waals surface area contributed by atoms with Crippen molar-refractivity contribution in [2.45, 2.75) is 11.1 Å². The van der Waals surface area contributed by atoms with E-state index in [4.69, 9.17) is 17.3 Å². The summed E-state index contributed by atoms with van der Waals surface area (Å²) in [5.41, 5.74) is 7.24. The molecule has 0 unspecified atom stereocenters. The highest BCUT2D eigenvalue weighted by Gasteiger charge is 2.19. The van der Waals surface area contributed by atoms with Gasteiger partial charge in [0, 0.05) is 10.2 Å². The van der Waals surface area contributed by atoms with Gasteiger partial charge in [-0.2, -0.15) is 0 Å². The molecule has 0 saturated heterocycles. The minimum atomic E-state index is -3.66. The molecule has 0 aliphatic heterocycles. The standard InChI is InChI=1S/C11H10BrClN2O2S2/c1-6-4-10(18-11(6)13)19(16,17)15-9-5-7(14)2-3-8(9)12/h2-5,15H,14H2,1H3. The SMILES string of the molecule is Cc1cc(S(=O)(=O)Nc2cc(N)ccc2Br)sc1Cl. The van der Waals surface area contributed by atoms with Gasteiger partial charge in [0.05, 0.1) is 10.0 Å². The summed E-state index contributed by atoms with van der Waals surface area (Å²) in [6.07, 6.45) is 0. The zero-order chi connectivity index (χ0) is 14.2. The van der Waals surface area contributed by atoms with Gasteiger partial charge in [0.15, 0.2) is 0 Å². The average molecular weight is 382 g/mol. The van der Waals surface area contributed by atoms with Crippen LogP contribution in [0.2, 0.25) is 4.34 Å². The quantitative estimate of drug-likeness (QED) is 0.793. The van der Waals surface area contributed by atoms with Crippen LogP contribution in [0.4, 0.5) is 11.4 Å². The van der Waals surface area contributed by atoms with E-state index in [1.165, 1.54) is 6.07 Å². The van der Waals surface area contributed by atoms with E-state index in [1.807, 2.05) is 0 Å². The fraction of sp³-hybridized carbons (Fsp3) is 0.0909. The molecule has 0 saturated carbocycles. The van der Waals surface area contributed by atoms with Crippen LogP contribution in [0.5, 0.6) is 0 Å². The van der Waals surface area contributed by atoms with Crippen LogP contribution >= 0.6 is 38.9 Å². The molecular weight excluding hydrogens is 372 g/mol. The van der Waals surface area contributed by atoms with Crippen molar-refractivity contribution in [3.05, 3.63) is 38.6 Å². The molecule has 0 bridgehead atoms. The molecule has 1 aromatic heterocycles. The molecule has 0 aliphatic carbocycles. The Kier molecular flexibility index (Phi) is 4.10. The lowest BCUT2D eigenvalue weighted by Gasteiger charge is -2.08. The number of nitrogens with one attached hydrogen (secondary N) is 1. The molecule has 0 radical (unpaired) electrons. The highest BCUT2D eigenvalue weighted by Crippen LogP contribution is 2.33. The predicted molar refractivity (Wildman–Crippen MR) is 83.4 cm³/mol. The fourth-order valence-corrected chi connectivity index (χ4v) is 4.64. The first-order valence-corrected chi connectivity index (χ1v) is 8.60. The summed E-state index contributed by atoms with van der Waals surface area (Å²) in [6, 6.07) is 6.44. The van der Waals surface area contributed by atoms with Gasteiger partial charge in [-0.1, -0.05) is 11.6 Å². The van der Waals surface area contributed by atoms with E-state index >= 15 is 0 Å². The molecule has 2 rings (SSSR count). The van der Waals surface area contributed by atoms with E-state index in [2.05, 4.69) is 20.7 Å². The van der Waals surface area contributed by atoms with Crippen molar-refractivity contribution in [3.63, 3.8) is 0 Å². The van der Waals surface area contributed by atoms with Gasteiger partial charge in [0.1, 0.15) is 4.21 Å². The van der Waals surface area contributed by atoms with Crippen LogP contribution in [0.15, 0.2) is 32.9 Å². The summed E-state index contributed by atoms with van der Waals surface area (Å²) in [6.45, 7) is 1.76. The number of nitrogen functional groups attached to an aromatic ring is 1. The third-order valence-electron chi connectivity index (χ3n) is 2.33. The zero-order valence-electron chi connectivity index (χ0n) is 9.78. The van der Waals surface area contributed by atoms with Crippen molar-refractivity contribution < 1.29 is 8.42 Å². The van der Waals surface area contributed by atoms with Gasteiger partial charge in [-0.3, -0.25) is 4.72 Å². The maximum atomic E-state index is 12.2. The molecule has 0 amide bonds. The summed E-state index contributed by atoms with van der Waals surface area (Å²) in [4.78, 5) is 0. The highest BCUT2D eigenvalue weighted by molar-refractivity contribution is 9.10. The zero-order valence-corrected chi connectivity index (χ0v) is 13.8. The van der Waals surface area contributed by atoms with Gasteiger partial charge in [-0.05, 0) is 52.7 Å². The van der Waals surface area contributed by atoms with Gasteiger partial charge in [0.2, 0.25) is 0 Å². The molecule has 1 aromatic carbocycles. The summed E-state index contributed by atoms with van der Waals surface area (Å²) >= 11 is 10.2. The Morgan fingerprint density at radius 1 is 1.37 bits per heavy atom. The smallest absolute Gasteiger partial charge is 0.271 e. The molecule has 102 valence electrons. The average Bonchev–Trinajstić information content (AvgIpc) is 2.65. The summed E-state index contributed by atoms with van der Waals surface area (Å²) < 4.78 is 28.2. The van der Waals surface area contributed by atoms with Crippen LogP contribution in [0.3, 0.4) is 0 Å². The minimum absolute atomic E-state index is 0.171.